The molecule has 0 amide bonds. The van der Waals surface area contributed by atoms with E-state index in [2.05, 4.69) is 26.0 Å². The molecule has 7 heteroatoms. The maximum atomic E-state index is 12.8. The van der Waals surface area contributed by atoms with Crippen LogP contribution in [0.5, 0.6) is 0 Å². The van der Waals surface area contributed by atoms with Gasteiger partial charge in [0.15, 0.2) is 0 Å². The second kappa shape index (κ2) is 8.01. The summed E-state index contributed by atoms with van der Waals surface area (Å²) < 4.78 is 4.80. The van der Waals surface area contributed by atoms with Crippen molar-refractivity contribution >= 4 is 99.2 Å². The number of carbonyl (C=O) groups is 4. The molecule has 0 saturated heterocycles. The smallest absolute Gasteiger partial charge is 0.234 e. The molecule has 4 nitrogen and oxygen atoms in total. The minimum Gasteiger partial charge on any atom is -0.285 e. The van der Waals surface area contributed by atoms with Crippen molar-refractivity contribution in [1.29, 1.82) is 0 Å². The first-order valence-electron chi connectivity index (χ1n) is 12.8. The van der Waals surface area contributed by atoms with Gasteiger partial charge in [0.1, 0.15) is 0 Å². The molecule has 0 aliphatic heterocycles. The summed E-state index contributed by atoms with van der Waals surface area (Å²) in [5.41, 5.74) is 5.23. The fraction of sp³-hybridized carbons (Fsp3) is 0.0909. The summed E-state index contributed by atoms with van der Waals surface area (Å²) in [6.07, 6.45) is 5.91. The second-order valence-electron chi connectivity index (χ2n) is 10.7. The monoisotopic (exact) mass is 574 g/mol. The van der Waals surface area contributed by atoms with E-state index in [1.807, 2.05) is 36.4 Å². The maximum absolute atomic E-state index is 12.8. The summed E-state index contributed by atoms with van der Waals surface area (Å²) in [4.78, 5) is 52.6. The van der Waals surface area contributed by atoms with Crippen LogP contribution in [0, 0.1) is 0 Å². The van der Waals surface area contributed by atoms with Crippen LogP contribution in [0.25, 0.3) is 42.1 Å². The zero-order valence-corrected chi connectivity index (χ0v) is 23.7. The van der Waals surface area contributed by atoms with E-state index in [-0.39, 0.29) is 5.41 Å². The van der Waals surface area contributed by atoms with E-state index < -0.39 is 23.1 Å². The van der Waals surface area contributed by atoms with Crippen molar-refractivity contribution < 1.29 is 19.2 Å². The SMILES string of the molecule is CC1(C)C(/C=C2\C(=O)C(=O)c3ccccc32)=Cc2sc3c(sc4cc(/C=C5\C(=O)C(=O)c6ccccc65)sc43)c21. The number of hydrogen-bond donors (Lipinski definition) is 0. The lowest BCUT2D eigenvalue weighted by Crippen LogP contribution is -2.16. The summed E-state index contributed by atoms with van der Waals surface area (Å²) in [6.45, 7) is 4.34. The zero-order valence-electron chi connectivity index (χ0n) is 21.3. The summed E-state index contributed by atoms with van der Waals surface area (Å²) in [6, 6.07) is 16.5. The number of benzene rings is 2. The fourth-order valence-corrected chi connectivity index (χ4v) is 10.5. The van der Waals surface area contributed by atoms with Gasteiger partial charge in [-0.3, -0.25) is 19.2 Å². The van der Waals surface area contributed by atoms with Crippen molar-refractivity contribution in [3.05, 3.63) is 104 Å². The number of carbonyl (C=O) groups excluding carboxylic acids is 4. The van der Waals surface area contributed by atoms with E-state index in [4.69, 9.17) is 0 Å². The van der Waals surface area contributed by atoms with Crippen LogP contribution in [0.15, 0.2) is 66.2 Å². The Hall–Kier alpha value is -4.04. The Morgan fingerprint density at radius 1 is 0.625 bits per heavy atom. The van der Waals surface area contributed by atoms with Gasteiger partial charge in [-0.1, -0.05) is 62.4 Å². The van der Waals surface area contributed by atoms with Crippen molar-refractivity contribution in [3.63, 3.8) is 0 Å². The van der Waals surface area contributed by atoms with E-state index in [0.29, 0.717) is 33.4 Å². The number of hydrogen-bond acceptors (Lipinski definition) is 7. The first kappa shape index (κ1) is 23.8. The number of ketones is 4. The van der Waals surface area contributed by atoms with Crippen molar-refractivity contribution in [1.82, 2.24) is 0 Å². The number of allylic oxidation sites excluding steroid dienone is 4. The standard InChI is InChI=1S/C33H18O4S3/c1-33(2)15(11-21-17-7-3-5-9-19(17)26(34)28(21)36)12-23-25(33)31-32(39-23)30-24(40-31)14-16(38-30)13-22-18-8-4-6-10-20(18)27(35)29(22)37/h3-14H,1-2H3/b21-11-,22-13-. The molecule has 5 aromatic rings. The van der Waals surface area contributed by atoms with E-state index in [1.54, 1.807) is 58.3 Å². The highest BCUT2D eigenvalue weighted by molar-refractivity contribution is 7.39. The molecule has 0 N–H and O–H groups in total. The van der Waals surface area contributed by atoms with Gasteiger partial charge >= 0.3 is 0 Å². The Balaban J connectivity index is 1.22. The summed E-state index contributed by atoms with van der Waals surface area (Å²) in [7, 11) is 0. The van der Waals surface area contributed by atoms with Crippen molar-refractivity contribution in [2.24, 2.45) is 0 Å². The molecule has 0 fully saturated rings. The molecule has 0 bridgehead atoms. The first-order chi connectivity index (χ1) is 19.2. The second-order valence-corrected chi connectivity index (χ2v) is 13.9. The molecule has 0 atom stereocenters. The Bertz CT molecular complexity index is 2160. The highest BCUT2D eigenvalue weighted by Gasteiger charge is 2.40. The van der Waals surface area contributed by atoms with Gasteiger partial charge < -0.3 is 0 Å². The maximum Gasteiger partial charge on any atom is 0.234 e. The molecule has 8 rings (SSSR count). The van der Waals surface area contributed by atoms with Gasteiger partial charge in [-0.25, -0.2) is 0 Å². The Labute approximate surface area is 240 Å². The van der Waals surface area contributed by atoms with Gasteiger partial charge in [-0.05, 0) is 46.6 Å². The quantitative estimate of drug-likeness (QED) is 0.158. The number of thiophene rings is 3. The molecular formula is C33H18O4S3. The van der Waals surface area contributed by atoms with Gasteiger partial charge in [-0.2, -0.15) is 0 Å². The third kappa shape index (κ3) is 3.05. The molecule has 192 valence electrons. The van der Waals surface area contributed by atoms with E-state index in [0.717, 1.165) is 15.2 Å². The minimum absolute atomic E-state index is 0.334. The molecule has 0 unspecified atom stereocenters. The molecule has 3 aliphatic rings. The molecule has 2 aromatic carbocycles. The lowest BCUT2D eigenvalue weighted by Gasteiger charge is -2.22. The van der Waals surface area contributed by atoms with Gasteiger partial charge in [0.05, 0.1) is 14.1 Å². The van der Waals surface area contributed by atoms with Crippen molar-refractivity contribution in [2.75, 3.05) is 0 Å². The predicted molar refractivity (Wildman–Crippen MR) is 163 cm³/mol. The Morgan fingerprint density at radius 2 is 1.20 bits per heavy atom. The van der Waals surface area contributed by atoms with Crippen LogP contribution in [-0.2, 0) is 15.0 Å². The van der Waals surface area contributed by atoms with Gasteiger partial charge in [-0.15, -0.1) is 34.0 Å². The summed E-state index contributed by atoms with van der Waals surface area (Å²) in [5, 5.41) is 0. The van der Waals surface area contributed by atoms with Gasteiger partial charge in [0.25, 0.3) is 0 Å². The number of Topliss-reactive ketones (excluding diaryl/α,β-unsaturated/α-hetero) is 4. The van der Waals surface area contributed by atoms with Gasteiger partial charge in [0.2, 0.25) is 23.1 Å². The Morgan fingerprint density at radius 3 is 1.82 bits per heavy atom. The molecule has 3 aromatic heterocycles. The van der Waals surface area contributed by atoms with Crippen LogP contribution in [0.1, 0.15) is 61.0 Å². The predicted octanol–water partition coefficient (Wildman–Crippen LogP) is 8.01. The topological polar surface area (TPSA) is 68.3 Å². The molecule has 40 heavy (non-hydrogen) atoms. The van der Waals surface area contributed by atoms with E-state index >= 15 is 0 Å². The molecule has 0 saturated carbocycles. The minimum atomic E-state index is -0.447. The molecule has 0 radical (unpaired) electrons. The number of fused-ring (bicyclic) bond motifs is 7. The largest absolute Gasteiger partial charge is 0.285 e. The van der Waals surface area contributed by atoms with Crippen molar-refractivity contribution in [2.45, 2.75) is 19.3 Å². The van der Waals surface area contributed by atoms with E-state index in [9.17, 15) is 19.2 Å². The fourth-order valence-electron chi connectivity index (χ4n) is 6.02. The Kier molecular flexibility index (Phi) is 4.77. The van der Waals surface area contributed by atoms with Crippen LogP contribution >= 0.6 is 34.0 Å². The summed E-state index contributed by atoms with van der Waals surface area (Å²) in [5.74, 6) is -1.77. The third-order valence-electron chi connectivity index (χ3n) is 8.07. The average Bonchev–Trinajstić information content (AvgIpc) is 3.73. The highest BCUT2D eigenvalue weighted by atomic mass is 32.1. The lowest BCUT2D eigenvalue weighted by molar-refractivity contribution is -0.110. The zero-order chi connectivity index (χ0) is 27.5. The van der Waals surface area contributed by atoms with Gasteiger partial charge in [0, 0.05) is 42.1 Å². The number of rotatable bonds is 2. The first-order valence-corrected chi connectivity index (χ1v) is 15.2. The highest BCUT2D eigenvalue weighted by Crippen LogP contribution is 2.55. The van der Waals surface area contributed by atoms with Crippen LogP contribution < -0.4 is 0 Å². The molecule has 3 aliphatic carbocycles. The van der Waals surface area contributed by atoms with Crippen LogP contribution in [0.2, 0.25) is 0 Å². The molecule has 0 spiro atoms. The normalized spacial score (nSPS) is 19.4. The average molecular weight is 575 g/mol. The molecular weight excluding hydrogens is 557 g/mol. The van der Waals surface area contributed by atoms with Crippen LogP contribution in [0.4, 0.5) is 0 Å². The van der Waals surface area contributed by atoms with Crippen molar-refractivity contribution in [3.8, 4) is 0 Å². The van der Waals surface area contributed by atoms with E-state index in [1.165, 1.54) is 24.5 Å². The van der Waals surface area contributed by atoms with Crippen LogP contribution in [-0.4, -0.2) is 23.1 Å². The molecule has 3 heterocycles. The lowest BCUT2D eigenvalue weighted by atomic mass is 9.81. The third-order valence-corrected chi connectivity index (χ3v) is 11.9. The summed E-state index contributed by atoms with van der Waals surface area (Å²) >= 11 is 5.12. The van der Waals surface area contributed by atoms with Crippen LogP contribution in [0.3, 0.4) is 0 Å².